The van der Waals surface area contributed by atoms with E-state index in [1.54, 1.807) is 29.5 Å². The van der Waals surface area contributed by atoms with Gasteiger partial charge in [-0.25, -0.2) is 4.68 Å². The van der Waals surface area contributed by atoms with E-state index in [4.69, 9.17) is 5.73 Å². The monoisotopic (exact) mass is 347 g/mol. The van der Waals surface area contributed by atoms with Gasteiger partial charge in [-0.2, -0.15) is 5.10 Å². The van der Waals surface area contributed by atoms with Gasteiger partial charge in [-0.1, -0.05) is 30.3 Å². The number of nitrogens with two attached hydrogens (primary N) is 1. The number of pyridine rings is 1. The molecule has 3 heterocycles. The van der Waals surface area contributed by atoms with Crippen LogP contribution in [-0.2, 0) is 0 Å². The van der Waals surface area contributed by atoms with Crippen molar-refractivity contribution >= 4 is 5.91 Å². The fourth-order valence-corrected chi connectivity index (χ4v) is 3.60. The molecular formula is C20H21N5O. The summed E-state index contributed by atoms with van der Waals surface area (Å²) in [6.45, 7) is 1.92. The van der Waals surface area contributed by atoms with Crippen LogP contribution in [0.1, 0.15) is 21.8 Å². The van der Waals surface area contributed by atoms with E-state index in [0.29, 0.717) is 25.2 Å². The smallest absolute Gasteiger partial charge is 0.257 e. The molecule has 0 bridgehead atoms. The number of amides is 1. The van der Waals surface area contributed by atoms with Crippen molar-refractivity contribution < 1.29 is 4.79 Å². The van der Waals surface area contributed by atoms with Crippen LogP contribution in [0.4, 0.5) is 0 Å². The minimum Gasteiger partial charge on any atom is -0.338 e. The molecule has 0 saturated carbocycles. The van der Waals surface area contributed by atoms with Gasteiger partial charge in [-0.15, -0.1) is 0 Å². The molecule has 2 N–H and O–H groups in total. The zero-order valence-corrected chi connectivity index (χ0v) is 14.4. The summed E-state index contributed by atoms with van der Waals surface area (Å²) in [5.41, 5.74) is 8.63. The first-order chi connectivity index (χ1) is 12.8. The molecule has 0 unspecified atom stereocenters. The van der Waals surface area contributed by atoms with Gasteiger partial charge in [0.05, 0.1) is 23.6 Å². The number of nitrogens with zero attached hydrogens (tertiary/aromatic N) is 4. The number of hydrogen-bond acceptors (Lipinski definition) is 4. The lowest BCUT2D eigenvalue weighted by atomic mass is 9.89. The van der Waals surface area contributed by atoms with Crippen molar-refractivity contribution in [2.75, 3.05) is 19.6 Å². The number of carbonyl (C=O) groups excluding carboxylic acids is 1. The summed E-state index contributed by atoms with van der Waals surface area (Å²) in [4.78, 5) is 18.9. The van der Waals surface area contributed by atoms with Crippen LogP contribution in [0.25, 0.3) is 5.69 Å². The molecule has 1 aliphatic heterocycles. The molecule has 2 aromatic heterocycles. The van der Waals surface area contributed by atoms with Crippen molar-refractivity contribution in [2.45, 2.75) is 5.92 Å². The zero-order valence-electron chi connectivity index (χ0n) is 14.4. The van der Waals surface area contributed by atoms with Gasteiger partial charge in [0, 0.05) is 31.4 Å². The highest BCUT2D eigenvalue weighted by Crippen LogP contribution is 2.32. The second kappa shape index (κ2) is 7.09. The Balaban J connectivity index is 1.53. The van der Waals surface area contributed by atoms with E-state index in [9.17, 15) is 4.79 Å². The molecule has 0 aliphatic carbocycles. The van der Waals surface area contributed by atoms with E-state index in [-0.39, 0.29) is 17.7 Å². The van der Waals surface area contributed by atoms with Crippen molar-refractivity contribution in [1.82, 2.24) is 19.7 Å². The van der Waals surface area contributed by atoms with Crippen molar-refractivity contribution in [3.63, 3.8) is 0 Å². The number of aromatic nitrogens is 3. The molecule has 1 amide bonds. The minimum atomic E-state index is -0.00276. The molecule has 1 fully saturated rings. The third-order valence-corrected chi connectivity index (χ3v) is 5.00. The molecule has 132 valence electrons. The Labute approximate surface area is 152 Å². The normalized spacial score (nSPS) is 19.7. The number of benzene rings is 1. The molecule has 0 radical (unpaired) electrons. The van der Waals surface area contributed by atoms with Crippen LogP contribution in [0, 0.1) is 5.92 Å². The van der Waals surface area contributed by atoms with Crippen molar-refractivity contribution in [3.05, 3.63) is 78.4 Å². The summed E-state index contributed by atoms with van der Waals surface area (Å²) in [5, 5.41) is 4.30. The fourth-order valence-electron chi connectivity index (χ4n) is 3.60. The molecule has 1 saturated heterocycles. The Hall–Kier alpha value is -2.99. The first-order valence-corrected chi connectivity index (χ1v) is 8.75. The Morgan fingerprint density at radius 1 is 1.12 bits per heavy atom. The van der Waals surface area contributed by atoms with Crippen LogP contribution < -0.4 is 5.73 Å². The highest BCUT2D eigenvalue weighted by molar-refractivity contribution is 5.94. The SMILES string of the molecule is NC[C@@H]1CN(C(=O)c2cnn(-c3cccnc3)c2)C[C@H]1c1ccccc1. The van der Waals surface area contributed by atoms with Gasteiger partial charge in [0.2, 0.25) is 0 Å². The van der Waals surface area contributed by atoms with E-state index in [0.717, 1.165) is 5.69 Å². The van der Waals surface area contributed by atoms with Crippen molar-refractivity contribution in [2.24, 2.45) is 11.7 Å². The van der Waals surface area contributed by atoms with E-state index in [1.807, 2.05) is 35.2 Å². The molecule has 3 aromatic rings. The molecule has 6 nitrogen and oxygen atoms in total. The molecule has 6 heteroatoms. The average Bonchev–Trinajstić information content (AvgIpc) is 3.36. The van der Waals surface area contributed by atoms with Gasteiger partial charge in [-0.3, -0.25) is 9.78 Å². The van der Waals surface area contributed by atoms with E-state index < -0.39 is 0 Å². The summed E-state index contributed by atoms with van der Waals surface area (Å²) in [5.74, 6) is 0.547. The highest BCUT2D eigenvalue weighted by Gasteiger charge is 2.35. The first-order valence-electron chi connectivity index (χ1n) is 8.75. The van der Waals surface area contributed by atoms with Crippen molar-refractivity contribution in [3.8, 4) is 5.69 Å². The number of hydrogen-bond donors (Lipinski definition) is 1. The van der Waals surface area contributed by atoms with Gasteiger partial charge >= 0.3 is 0 Å². The maximum Gasteiger partial charge on any atom is 0.257 e. The number of likely N-dealkylation sites (tertiary alicyclic amines) is 1. The van der Waals surface area contributed by atoms with Crippen LogP contribution in [0.15, 0.2) is 67.3 Å². The van der Waals surface area contributed by atoms with Gasteiger partial charge in [0.25, 0.3) is 5.91 Å². The Morgan fingerprint density at radius 3 is 2.69 bits per heavy atom. The maximum absolute atomic E-state index is 12.9. The Morgan fingerprint density at radius 2 is 1.96 bits per heavy atom. The average molecular weight is 347 g/mol. The van der Waals surface area contributed by atoms with E-state index in [2.05, 4.69) is 22.2 Å². The highest BCUT2D eigenvalue weighted by atomic mass is 16.2. The molecule has 1 aromatic carbocycles. The van der Waals surface area contributed by atoms with Crippen LogP contribution in [0.3, 0.4) is 0 Å². The largest absolute Gasteiger partial charge is 0.338 e. The van der Waals surface area contributed by atoms with Gasteiger partial charge in [0.1, 0.15) is 0 Å². The predicted molar refractivity (Wildman–Crippen MR) is 99.0 cm³/mol. The Kier molecular flexibility index (Phi) is 4.50. The maximum atomic E-state index is 12.9. The summed E-state index contributed by atoms with van der Waals surface area (Å²) < 4.78 is 1.67. The topological polar surface area (TPSA) is 77.0 Å². The van der Waals surface area contributed by atoms with Crippen LogP contribution in [-0.4, -0.2) is 45.2 Å². The summed E-state index contributed by atoms with van der Waals surface area (Å²) >= 11 is 0. The third-order valence-electron chi connectivity index (χ3n) is 5.00. The quantitative estimate of drug-likeness (QED) is 0.784. The van der Waals surface area contributed by atoms with Crippen LogP contribution in [0.2, 0.25) is 0 Å². The lowest BCUT2D eigenvalue weighted by Gasteiger charge is -2.16. The Bertz CT molecular complexity index is 877. The van der Waals surface area contributed by atoms with Crippen LogP contribution in [0.5, 0.6) is 0 Å². The first kappa shape index (κ1) is 16.5. The third kappa shape index (κ3) is 3.11. The molecule has 1 aliphatic rings. The number of carbonyl (C=O) groups is 1. The summed E-state index contributed by atoms with van der Waals surface area (Å²) in [7, 11) is 0. The molecular weight excluding hydrogens is 326 g/mol. The molecule has 0 spiro atoms. The minimum absolute atomic E-state index is 0.00276. The van der Waals surface area contributed by atoms with Gasteiger partial charge < -0.3 is 10.6 Å². The lowest BCUT2D eigenvalue weighted by molar-refractivity contribution is 0.0786. The van der Waals surface area contributed by atoms with Gasteiger partial charge in [0.15, 0.2) is 0 Å². The van der Waals surface area contributed by atoms with Crippen LogP contribution >= 0.6 is 0 Å². The second-order valence-electron chi connectivity index (χ2n) is 6.61. The summed E-state index contributed by atoms with van der Waals surface area (Å²) in [6, 6.07) is 14.0. The number of rotatable bonds is 4. The van der Waals surface area contributed by atoms with E-state index in [1.165, 1.54) is 5.56 Å². The van der Waals surface area contributed by atoms with Gasteiger partial charge in [-0.05, 0) is 30.2 Å². The van der Waals surface area contributed by atoms with Crippen molar-refractivity contribution in [1.29, 1.82) is 0 Å². The second-order valence-corrected chi connectivity index (χ2v) is 6.61. The molecule has 26 heavy (non-hydrogen) atoms. The zero-order chi connectivity index (χ0) is 17.9. The standard InChI is InChI=1S/C20H21N5O/c21-9-16-12-24(14-19(16)15-5-2-1-3-6-15)20(26)17-10-23-25(13-17)18-7-4-8-22-11-18/h1-8,10-11,13,16,19H,9,12,14,21H2/t16-,19+/m1/s1. The summed E-state index contributed by atoms with van der Waals surface area (Å²) in [6.07, 6.45) is 6.79. The predicted octanol–water partition coefficient (Wildman–Crippen LogP) is 2.08. The molecule has 4 rings (SSSR count). The lowest BCUT2D eigenvalue weighted by Crippen LogP contribution is -2.29. The van der Waals surface area contributed by atoms with E-state index >= 15 is 0 Å². The fraction of sp³-hybridized carbons (Fsp3) is 0.250. The molecule has 2 atom stereocenters.